The van der Waals surface area contributed by atoms with E-state index in [4.69, 9.17) is 22.6 Å². The summed E-state index contributed by atoms with van der Waals surface area (Å²) in [5.41, 5.74) is 7.68. The van der Waals surface area contributed by atoms with Gasteiger partial charge in [-0.3, -0.25) is 0 Å². The summed E-state index contributed by atoms with van der Waals surface area (Å²) < 4.78 is 0. The first-order valence-electron chi connectivity index (χ1n) is 4.03. The minimum Gasteiger partial charge on any atom is -0.323 e. The number of nitrogens with two attached hydrogens (primary N) is 1. The molecule has 1 aromatic carbocycles. The topological polar surface area (TPSA) is 49.8 Å². The molecule has 0 amide bonds. The van der Waals surface area contributed by atoms with Crippen LogP contribution in [0.5, 0.6) is 0 Å². The summed E-state index contributed by atoms with van der Waals surface area (Å²) >= 11 is 5.92. The van der Waals surface area contributed by atoms with Crippen molar-refractivity contribution >= 4 is 24.0 Å². The Hall–Kier alpha value is -0.750. The van der Waals surface area contributed by atoms with Crippen LogP contribution in [0.3, 0.4) is 0 Å². The van der Waals surface area contributed by atoms with Crippen LogP contribution < -0.4 is 5.73 Å². The molecule has 0 aromatic heterocycles. The van der Waals surface area contributed by atoms with Gasteiger partial charge in [-0.1, -0.05) is 23.7 Å². The normalized spacial score (nSPS) is 11.3. The van der Waals surface area contributed by atoms with Crippen LogP contribution >= 0.6 is 24.0 Å². The molecule has 2 N–H and O–H groups in total. The maximum absolute atomic E-state index is 8.46. The van der Waals surface area contributed by atoms with Gasteiger partial charge in [-0.05, 0) is 24.1 Å². The molecule has 0 fully saturated rings. The van der Waals surface area contributed by atoms with Crippen molar-refractivity contribution in [3.8, 4) is 6.07 Å². The Morgan fingerprint density at radius 3 is 2.71 bits per heavy atom. The first-order valence-corrected chi connectivity index (χ1v) is 4.41. The number of hydrogen-bond donors (Lipinski definition) is 1. The molecular weight excluding hydrogens is 219 g/mol. The van der Waals surface area contributed by atoms with E-state index in [1.165, 1.54) is 0 Å². The van der Waals surface area contributed by atoms with Crippen LogP contribution in [-0.2, 0) is 0 Å². The van der Waals surface area contributed by atoms with E-state index in [0.717, 1.165) is 11.1 Å². The smallest absolute Gasteiger partial charge is 0.0641 e. The Morgan fingerprint density at radius 2 is 2.21 bits per heavy atom. The van der Waals surface area contributed by atoms with Crippen LogP contribution in [0.1, 0.15) is 23.6 Å². The zero-order valence-electron chi connectivity index (χ0n) is 7.83. The Morgan fingerprint density at radius 1 is 1.57 bits per heavy atom. The van der Waals surface area contributed by atoms with Gasteiger partial charge >= 0.3 is 0 Å². The van der Waals surface area contributed by atoms with Crippen LogP contribution in [-0.4, -0.2) is 0 Å². The van der Waals surface area contributed by atoms with E-state index in [0.29, 0.717) is 11.4 Å². The van der Waals surface area contributed by atoms with Crippen molar-refractivity contribution in [2.24, 2.45) is 5.73 Å². The monoisotopic (exact) mass is 230 g/mol. The molecule has 76 valence electrons. The summed E-state index contributed by atoms with van der Waals surface area (Å²) in [6.45, 7) is 1.93. The lowest BCUT2D eigenvalue weighted by atomic mass is 10.0. The number of aryl methyl sites for hydroxylation is 1. The number of nitriles is 1. The van der Waals surface area contributed by atoms with E-state index in [2.05, 4.69) is 0 Å². The summed E-state index contributed by atoms with van der Waals surface area (Å²) in [6.07, 6.45) is 0.319. The molecule has 1 atom stereocenters. The van der Waals surface area contributed by atoms with Crippen molar-refractivity contribution in [3.63, 3.8) is 0 Å². The van der Waals surface area contributed by atoms with Crippen LogP contribution in [0.15, 0.2) is 18.2 Å². The molecule has 14 heavy (non-hydrogen) atoms. The third-order valence-corrected chi connectivity index (χ3v) is 2.34. The molecule has 0 spiro atoms. The maximum Gasteiger partial charge on any atom is 0.0641 e. The van der Waals surface area contributed by atoms with Gasteiger partial charge in [0.25, 0.3) is 0 Å². The summed E-state index contributed by atoms with van der Waals surface area (Å²) in [5, 5.41) is 9.16. The van der Waals surface area contributed by atoms with Crippen molar-refractivity contribution in [2.75, 3.05) is 0 Å². The first kappa shape index (κ1) is 13.2. The standard InChI is InChI=1S/C10H11ClN2.ClH/c1-7-2-3-8(6-9(7)11)10(13)4-5-12;/h2-3,6,10H,4,13H2,1H3;1H/t10-;/m1./s1. The summed E-state index contributed by atoms with van der Waals surface area (Å²) in [4.78, 5) is 0. The minimum atomic E-state index is -0.233. The highest BCUT2D eigenvalue weighted by atomic mass is 35.5. The molecule has 0 saturated carbocycles. The molecule has 0 radical (unpaired) electrons. The SMILES string of the molecule is Cc1ccc([C@H](N)CC#N)cc1Cl.Cl. The van der Waals surface area contributed by atoms with Crippen LogP contribution in [0.25, 0.3) is 0 Å². The van der Waals surface area contributed by atoms with E-state index < -0.39 is 0 Å². The molecule has 0 unspecified atom stereocenters. The summed E-state index contributed by atoms with van der Waals surface area (Å²) in [6, 6.07) is 7.43. The molecule has 0 saturated heterocycles. The van der Waals surface area contributed by atoms with Crippen molar-refractivity contribution in [1.82, 2.24) is 0 Å². The maximum atomic E-state index is 8.46. The van der Waals surface area contributed by atoms with Crippen LogP contribution in [0.2, 0.25) is 5.02 Å². The van der Waals surface area contributed by atoms with E-state index in [1.807, 2.05) is 31.2 Å². The zero-order chi connectivity index (χ0) is 9.84. The van der Waals surface area contributed by atoms with Gasteiger partial charge in [-0.25, -0.2) is 0 Å². The second-order valence-electron chi connectivity index (χ2n) is 2.98. The fourth-order valence-corrected chi connectivity index (χ4v) is 1.24. The lowest BCUT2D eigenvalue weighted by Gasteiger charge is -2.08. The quantitative estimate of drug-likeness (QED) is 0.850. The molecule has 0 bridgehead atoms. The molecule has 0 aliphatic rings. The average molecular weight is 231 g/mol. The van der Waals surface area contributed by atoms with Crippen molar-refractivity contribution < 1.29 is 0 Å². The van der Waals surface area contributed by atoms with E-state index in [1.54, 1.807) is 0 Å². The Balaban J connectivity index is 0.00000169. The predicted octanol–water partition coefficient (Wildman–Crippen LogP) is 2.98. The lowest BCUT2D eigenvalue weighted by molar-refractivity contribution is 0.748. The molecular formula is C10H12Cl2N2. The number of nitrogens with zero attached hydrogens (tertiary/aromatic N) is 1. The van der Waals surface area contributed by atoms with Crippen molar-refractivity contribution in [1.29, 1.82) is 5.26 Å². The minimum absolute atomic E-state index is 0. The first-order chi connectivity index (χ1) is 6.15. The predicted molar refractivity (Wildman–Crippen MR) is 60.6 cm³/mol. The summed E-state index contributed by atoms with van der Waals surface area (Å²) in [5.74, 6) is 0. The second-order valence-corrected chi connectivity index (χ2v) is 3.38. The Labute approximate surface area is 95.1 Å². The van der Waals surface area contributed by atoms with Gasteiger partial charge in [0.15, 0.2) is 0 Å². The van der Waals surface area contributed by atoms with E-state index >= 15 is 0 Å². The molecule has 1 aromatic rings. The number of halogens is 2. The van der Waals surface area contributed by atoms with Gasteiger partial charge in [-0.15, -0.1) is 12.4 Å². The molecule has 4 heteroatoms. The molecule has 2 nitrogen and oxygen atoms in total. The fourth-order valence-electron chi connectivity index (χ4n) is 1.06. The lowest BCUT2D eigenvalue weighted by Crippen LogP contribution is -2.09. The number of hydrogen-bond acceptors (Lipinski definition) is 2. The molecule has 0 heterocycles. The summed E-state index contributed by atoms with van der Waals surface area (Å²) in [7, 11) is 0. The number of benzene rings is 1. The van der Waals surface area contributed by atoms with E-state index in [9.17, 15) is 0 Å². The largest absolute Gasteiger partial charge is 0.323 e. The third kappa shape index (κ3) is 3.19. The average Bonchev–Trinajstić information content (AvgIpc) is 2.10. The van der Waals surface area contributed by atoms with Gasteiger partial charge in [0, 0.05) is 11.1 Å². The highest BCUT2D eigenvalue weighted by Crippen LogP contribution is 2.21. The van der Waals surface area contributed by atoms with Crippen LogP contribution in [0.4, 0.5) is 0 Å². The number of rotatable bonds is 2. The molecule has 1 rings (SSSR count). The highest BCUT2D eigenvalue weighted by Gasteiger charge is 2.06. The molecule has 0 aliphatic heterocycles. The van der Waals surface area contributed by atoms with Crippen molar-refractivity contribution in [3.05, 3.63) is 34.3 Å². The van der Waals surface area contributed by atoms with E-state index in [-0.39, 0.29) is 18.4 Å². The highest BCUT2D eigenvalue weighted by molar-refractivity contribution is 6.31. The van der Waals surface area contributed by atoms with Gasteiger partial charge in [0.05, 0.1) is 12.5 Å². The molecule has 0 aliphatic carbocycles. The fraction of sp³-hybridized carbons (Fsp3) is 0.300. The zero-order valence-corrected chi connectivity index (χ0v) is 9.40. The van der Waals surface area contributed by atoms with Crippen molar-refractivity contribution in [2.45, 2.75) is 19.4 Å². The third-order valence-electron chi connectivity index (χ3n) is 1.94. The van der Waals surface area contributed by atoms with Crippen LogP contribution in [0, 0.1) is 18.3 Å². The Bertz CT molecular complexity index is 344. The van der Waals surface area contributed by atoms with Gasteiger partial charge in [-0.2, -0.15) is 5.26 Å². The van der Waals surface area contributed by atoms with Gasteiger partial charge in [0.1, 0.15) is 0 Å². The van der Waals surface area contributed by atoms with Gasteiger partial charge in [0.2, 0.25) is 0 Å². The Kier molecular flexibility index (Phi) is 5.56. The van der Waals surface area contributed by atoms with Gasteiger partial charge < -0.3 is 5.73 Å². The second kappa shape index (κ2) is 5.87.